The molecule has 94 heavy (non-hydrogen) atoms. The maximum atomic E-state index is 13.3. The summed E-state index contributed by atoms with van der Waals surface area (Å²) in [6.07, 6.45) is 5.78. The summed E-state index contributed by atoms with van der Waals surface area (Å²) in [6, 6.07) is 22.7. The number of alkyl carbamates (subject to hydrolysis) is 3. The van der Waals surface area contributed by atoms with Crippen molar-refractivity contribution in [3.8, 4) is 0 Å². The smallest absolute Gasteiger partial charge is 0.408 e. The summed E-state index contributed by atoms with van der Waals surface area (Å²) >= 11 is 0. The van der Waals surface area contributed by atoms with E-state index < -0.39 is 89.2 Å². The molecule has 3 aromatic carbocycles. The number of ketones is 2. The van der Waals surface area contributed by atoms with Crippen LogP contribution >= 0.6 is 0 Å². The number of aliphatic hydroxyl groups is 1. The number of amides is 6. The number of rotatable bonds is 12. The summed E-state index contributed by atoms with van der Waals surface area (Å²) in [7, 11) is 1.00. The number of Topliss-reactive ketones (excluding diaryl/α,β-unsaturated/α-hetero) is 2. The highest BCUT2D eigenvalue weighted by molar-refractivity contribution is 5.96. The van der Waals surface area contributed by atoms with Crippen LogP contribution in [0.3, 0.4) is 0 Å². The van der Waals surface area contributed by atoms with Gasteiger partial charge in [0.2, 0.25) is 17.7 Å². The fourth-order valence-corrected chi connectivity index (χ4v) is 12.2. The SMILES string of the molecule is CC(C)(C)OC(=O)N[C@H]1CC(=O)CC[C@H]2CC[C@@H](C(=O)OCc3ccccc3)N2C1=O.CC(C)(C)OC(=O)N[C@H]1CCC(=O)C[C@H]2CC[C@@H](C(=O)OCc3ccccc3)N2C1=O.CC(C)(C)OC(=O)N[C@H]1CCCC[C@H]2CC[C@@H](C(=O)OCc3ccccc3)N2C1=O.CO. The minimum atomic E-state index is -1.06. The van der Waals surface area contributed by atoms with Gasteiger partial charge in [0.05, 0.1) is 0 Å². The quantitative estimate of drug-likeness (QED) is 0.0973. The molecule has 3 aromatic rings. The molecular formula is C70H96N6O18. The average Bonchev–Trinajstić information content (AvgIpc) is 1.62. The van der Waals surface area contributed by atoms with Gasteiger partial charge in [0.15, 0.2) is 0 Å². The van der Waals surface area contributed by atoms with Crippen molar-refractivity contribution < 1.29 is 86.3 Å². The Hall–Kier alpha value is -8.41. The maximum Gasteiger partial charge on any atom is 0.408 e. The fraction of sp³-hybridized carbons (Fsp3) is 0.586. The minimum absolute atomic E-state index is 0.00927. The Balaban J connectivity index is 0.000000220. The molecule has 24 nitrogen and oxygen atoms in total. The Morgan fingerprint density at radius 1 is 0.394 bits per heavy atom. The van der Waals surface area contributed by atoms with Gasteiger partial charge in [0.1, 0.15) is 84.4 Å². The normalized spacial score (nSPS) is 23.8. The van der Waals surface area contributed by atoms with Crippen LogP contribution in [0.4, 0.5) is 14.4 Å². The zero-order valence-electron chi connectivity index (χ0n) is 56.0. The molecule has 0 aromatic heterocycles. The van der Waals surface area contributed by atoms with Crippen molar-refractivity contribution in [2.45, 2.75) is 256 Å². The first-order valence-electron chi connectivity index (χ1n) is 32.6. The van der Waals surface area contributed by atoms with Gasteiger partial charge in [-0.05, 0) is 143 Å². The van der Waals surface area contributed by atoms with Crippen LogP contribution in [0.1, 0.15) is 182 Å². The third-order valence-corrected chi connectivity index (χ3v) is 16.4. The molecule has 24 heteroatoms. The van der Waals surface area contributed by atoms with Crippen molar-refractivity contribution in [3.63, 3.8) is 0 Å². The largest absolute Gasteiger partial charge is 0.459 e. The molecular weight excluding hydrogens is 1210 g/mol. The van der Waals surface area contributed by atoms with Gasteiger partial charge in [0.25, 0.3) is 0 Å². The Labute approximate surface area is 551 Å². The molecule has 4 N–H and O–H groups in total. The Morgan fingerprint density at radius 2 is 0.702 bits per heavy atom. The minimum Gasteiger partial charge on any atom is -0.459 e. The highest BCUT2D eigenvalue weighted by Gasteiger charge is 2.49. The monoisotopic (exact) mass is 1310 g/mol. The number of fused-ring (bicyclic) bond motifs is 3. The van der Waals surface area contributed by atoms with Gasteiger partial charge < -0.3 is 64.2 Å². The van der Waals surface area contributed by atoms with Crippen LogP contribution in [0.5, 0.6) is 0 Å². The molecule has 0 unspecified atom stereocenters. The zero-order valence-corrected chi connectivity index (χ0v) is 56.0. The van der Waals surface area contributed by atoms with Gasteiger partial charge in [0, 0.05) is 50.9 Å². The van der Waals surface area contributed by atoms with E-state index in [9.17, 15) is 52.7 Å². The molecule has 6 aliphatic heterocycles. The number of ether oxygens (including phenoxy) is 6. The molecule has 0 saturated carbocycles. The summed E-state index contributed by atoms with van der Waals surface area (Å²) in [4.78, 5) is 144. The second-order valence-corrected chi connectivity index (χ2v) is 27.2. The van der Waals surface area contributed by atoms with E-state index in [1.807, 2.05) is 91.0 Å². The zero-order chi connectivity index (χ0) is 68.9. The number of carbonyl (C=O) groups is 11. The van der Waals surface area contributed by atoms with Gasteiger partial charge in [-0.1, -0.05) is 104 Å². The van der Waals surface area contributed by atoms with Crippen molar-refractivity contribution in [2.24, 2.45) is 0 Å². The number of hydrogen-bond acceptors (Lipinski definition) is 18. The molecule has 6 heterocycles. The number of esters is 3. The molecule has 9 atom stereocenters. The van der Waals surface area contributed by atoms with Crippen molar-refractivity contribution >= 4 is 65.5 Å². The predicted molar refractivity (Wildman–Crippen MR) is 343 cm³/mol. The van der Waals surface area contributed by atoms with Crippen LogP contribution in [0, 0.1) is 0 Å². The summed E-state index contributed by atoms with van der Waals surface area (Å²) < 4.78 is 32.3. The van der Waals surface area contributed by atoms with Crippen molar-refractivity contribution in [2.75, 3.05) is 7.11 Å². The first kappa shape index (κ1) is 74.6. The van der Waals surface area contributed by atoms with Crippen LogP contribution in [0.15, 0.2) is 91.0 Å². The van der Waals surface area contributed by atoms with E-state index in [0.29, 0.717) is 51.4 Å². The van der Waals surface area contributed by atoms with Gasteiger partial charge in [-0.25, -0.2) is 28.8 Å². The topological polar surface area (TPSA) is 309 Å². The molecule has 0 aliphatic carbocycles. The van der Waals surface area contributed by atoms with E-state index in [1.165, 1.54) is 9.80 Å². The highest BCUT2D eigenvalue weighted by Crippen LogP contribution is 2.35. The molecule has 6 aliphatic rings. The molecule has 6 saturated heterocycles. The molecule has 9 rings (SSSR count). The molecule has 6 fully saturated rings. The van der Waals surface area contributed by atoms with Crippen molar-refractivity contribution in [1.29, 1.82) is 0 Å². The number of carbonyl (C=O) groups excluding carboxylic acids is 11. The number of benzene rings is 3. The van der Waals surface area contributed by atoms with Crippen LogP contribution in [-0.2, 0) is 86.6 Å². The second-order valence-electron chi connectivity index (χ2n) is 27.2. The van der Waals surface area contributed by atoms with Crippen molar-refractivity contribution in [3.05, 3.63) is 108 Å². The van der Waals surface area contributed by atoms with Gasteiger partial charge in [-0.15, -0.1) is 0 Å². The van der Waals surface area contributed by atoms with Gasteiger partial charge in [-0.3, -0.25) is 24.0 Å². The van der Waals surface area contributed by atoms with Gasteiger partial charge in [-0.2, -0.15) is 0 Å². The molecule has 0 spiro atoms. The summed E-state index contributed by atoms with van der Waals surface area (Å²) in [6.45, 7) is 16.1. The van der Waals surface area contributed by atoms with Crippen LogP contribution < -0.4 is 16.0 Å². The van der Waals surface area contributed by atoms with E-state index in [2.05, 4.69) is 16.0 Å². The van der Waals surface area contributed by atoms with Crippen LogP contribution in [-0.4, -0.2) is 164 Å². The number of nitrogens with one attached hydrogen (secondary N) is 3. The Kier molecular flexibility index (Phi) is 27.5. The van der Waals surface area contributed by atoms with Crippen LogP contribution in [0.25, 0.3) is 0 Å². The fourth-order valence-electron chi connectivity index (χ4n) is 12.2. The van der Waals surface area contributed by atoms with E-state index in [1.54, 1.807) is 67.2 Å². The highest BCUT2D eigenvalue weighted by atomic mass is 16.6. The third-order valence-electron chi connectivity index (χ3n) is 16.4. The van der Waals surface area contributed by atoms with E-state index in [4.69, 9.17) is 33.5 Å². The summed E-state index contributed by atoms with van der Waals surface area (Å²) in [5.74, 6) is -2.46. The predicted octanol–water partition coefficient (Wildman–Crippen LogP) is 8.64. The average molecular weight is 1310 g/mol. The lowest BCUT2D eigenvalue weighted by Gasteiger charge is -2.35. The van der Waals surface area contributed by atoms with E-state index in [0.717, 1.165) is 49.5 Å². The molecule has 514 valence electrons. The summed E-state index contributed by atoms with van der Waals surface area (Å²) in [5.41, 5.74) is 0.519. The number of aliphatic hydroxyl groups excluding tert-OH is 1. The second kappa shape index (κ2) is 34.7. The number of nitrogens with zero attached hydrogens (tertiary/aromatic N) is 3. The standard InChI is InChI=1S/2C23H30N2O6.C23H32N2O5.CH4O/c1-23(2,3)31-22(29)24-18-11-10-17(26)13-16-9-12-19(25(16)20(18)27)21(28)30-14-15-7-5-4-6-8-15;1-23(2,3)31-22(29)24-18-13-17(26)11-9-16-10-12-19(25(16)20(18)27)21(28)30-14-15-7-5-4-6-8-15;1-23(2,3)30-22(28)24-18-12-8-7-11-17-13-14-19(25(17)20(18)26)21(27)29-15-16-9-5-4-6-10-16;1-2/h2*4-8,16,18-19H,9-14H2,1-3H3,(H,24,29);4-6,9-10,17-19H,7-8,11-15H2,1-3H3,(H,24,28);2H,1H3/t16-,18+,19+;16-,18-,19-;17-,18-,19-;/m100./s1. The lowest BCUT2D eigenvalue weighted by Crippen LogP contribution is -2.56. The number of hydrogen-bond donors (Lipinski definition) is 4. The Morgan fingerprint density at radius 3 is 1.10 bits per heavy atom. The first-order chi connectivity index (χ1) is 44.5. The van der Waals surface area contributed by atoms with E-state index in [-0.39, 0.29) is 93.0 Å². The lowest BCUT2D eigenvalue weighted by atomic mass is 9.98. The molecule has 6 amide bonds. The van der Waals surface area contributed by atoms with Gasteiger partial charge >= 0.3 is 36.2 Å². The lowest BCUT2D eigenvalue weighted by molar-refractivity contribution is -0.157. The first-order valence-corrected chi connectivity index (χ1v) is 32.6. The summed E-state index contributed by atoms with van der Waals surface area (Å²) in [5, 5.41) is 14.8. The van der Waals surface area contributed by atoms with Crippen molar-refractivity contribution in [1.82, 2.24) is 30.7 Å². The maximum absolute atomic E-state index is 13.3. The third kappa shape index (κ3) is 23.0. The Bertz CT molecular complexity index is 3070. The molecule has 0 bridgehead atoms. The molecule has 0 radical (unpaired) electrons. The van der Waals surface area contributed by atoms with Crippen LogP contribution in [0.2, 0.25) is 0 Å². The van der Waals surface area contributed by atoms with E-state index >= 15 is 0 Å².